The highest BCUT2D eigenvalue weighted by Gasteiger charge is 2.27. The third-order valence-corrected chi connectivity index (χ3v) is 10.5. The molecule has 5 heteroatoms. The molecule has 12 rings (SSSR count). The first-order valence-electron chi connectivity index (χ1n) is 16.6. The number of benzene rings is 7. The van der Waals surface area contributed by atoms with Crippen molar-refractivity contribution in [2.24, 2.45) is 0 Å². The van der Waals surface area contributed by atoms with E-state index in [2.05, 4.69) is 148 Å². The van der Waals surface area contributed by atoms with Gasteiger partial charge in [-0.15, -0.1) is 0 Å². The van der Waals surface area contributed by atoms with Crippen LogP contribution in [0.2, 0.25) is 0 Å². The molecule has 226 valence electrons. The fourth-order valence-electron chi connectivity index (χ4n) is 8.42. The number of rotatable bonds is 3. The van der Waals surface area contributed by atoms with Crippen molar-refractivity contribution in [2.45, 2.75) is 0 Å². The van der Waals surface area contributed by atoms with Crippen LogP contribution in [-0.4, -0.2) is 18.9 Å². The number of hydrogen-bond acceptors (Lipinski definition) is 3. The molecule has 0 bridgehead atoms. The average Bonchev–Trinajstić information content (AvgIpc) is 3.79. The zero-order valence-electron chi connectivity index (χ0n) is 26.1. The second-order valence-electron chi connectivity index (χ2n) is 13.0. The number of fused-ring (bicyclic) bond motifs is 5. The highest BCUT2D eigenvalue weighted by atomic mass is 16.3. The zero-order chi connectivity index (χ0) is 31.8. The van der Waals surface area contributed by atoms with Gasteiger partial charge < -0.3 is 8.82 Å². The average molecular weight is 625 g/mol. The lowest BCUT2D eigenvalue weighted by molar-refractivity contribution is 0.669. The van der Waals surface area contributed by atoms with Crippen LogP contribution < -0.4 is 0 Å². The first-order valence-corrected chi connectivity index (χ1v) is 16.6. The first-order chi connectivity index (χ1) is 24.3. The van der Waals surface area contributed by atoms with E-state index in [4.69, 9.17) is 14.4 Å². The highest BCUT2D eigenvalue weighted by Crippen LogP contribution is 2.48. The molecule has 0 N–H and O–H groups in total. The van der Waals surface area contributed by atoms with Crippen molar-refractivity contribution in [1.82, 2.24) is 18.9 Å². The Morgan fingerprint density at radius 3 is 1.98 bits per heavy atom. The summed E-state index contributed by atoms with van der Waals surface area (Å²) < 4.78 is 11.3. The standard InChI is InChI=1S/C44H24N4O/c1-2-9-25(10-3-1)26-17-19-27(20-18-26)42-30-12-4-6-13-31(30)45-44(46-42)48-34-16-8-15-33-38(34)39-35(48)22-24-36-40(39)41-37(49-36)23-21-29-28-11-5-7-14-32(28)47(33)43(29)41/h1-24H. The first kappa shape index (κ1) is 25.4. The Kier molecular flexibility index (Phi) is 4.66. The lowest BCUT2D eigenvalue weighted by Crippen LogP contribution is -2.03. The van der Waals surface area contributed by atoms with Crippen LogP contribution in [0.1, 0.15) is 0 Å². The van der Waals surface area contributed by atoms with Gasteiger partial charge in [-0.1, -0.05) is 97.1 Å². The molecular weight excluding hydrogens is 601 g/mol. The van der Waals surface area contributed by atoms with Crippen LogP contribution in [0, 0.1) is 0 Å². The summed E-state index contributed by atoms with van der Waals surface area (Å²) in [4.78, 5) is 10.6. The molecule has 0 spiro atoms. The Morgan fingerprint density at radius 2 is 1.08 bits per heavy atom. The number of aromatic nitrogens is 4. The van der Waals surface area contributed by atoms with E-state index in [0.29, 0.717) is 5.95 Å². The molecule has 49 heavy (non-hydrogen) atoms. The predicted octanol–water partition coefficient (Wildman–Crippen LogP) is 11.4. The number of nitrogens with zero attached hydrogens (tertiary/aromatic N) is 4. The summed E-state index contributed by atoms with van der Waals surface area (Å²) in [6.07, 6.45) is 0. The molecule has 0 unspecified atom stereocenters. The van der Waals surface area contributed by atoms with Gasteiger partial charge in [0.25, 0.3) is 0 Å². The molecule has 0 atom stereocenters. The molecule has 0 amide bonds. The molecule has 7 aromatic carbocycles. The molecule has 0 aliphatic heterocycles. The Labute approximate surface area is 278 Å². The maximum Gasteiger partial charge on any atom is 0.235 e. The van der Waals surface area contributed by atoms with Crippen molar-refractivity contribution in [3.05, 3.63) is 146 Å². The summed E-state index contributed by atoms with van der Waals surface area (Å²) in [5, 5.41) is 8.15. The molecule has 5 aromatic heterocycles. The van der Waals surface area contributed by atoms with E-state index in [0.717, 1.165) is 60.6 Å². The lowest BCUT2D eigenvalue weighted by Gasteiger charge is -2.12. The molecule has 12 aromatic rings. The van der Waals surface area contributed by atoms with Crippen LogP contribution in [0.5, 0.6) is 0 Å². The molecule has 0 saturated carbocycles. The molecular formula is C44H24N4O. The molecule has 5 heterocycles. The van der Waals surface area contributed by atoms with Crippen molar-refractivity contribution in [1.29, 1.82) is 0 Å². The SMILES string of the molecule is c1ccc(-c2ccc(-c3nc(-n4c5ccc6oc7ccc8c9ccccc9n9c%10cccc4c%10c5c6c7c89)nc4ccccc34)cc2)cc1. The Balaban J connectivity index is 1.21. The summed E-state index contributed by atoms with van der Waals surface area (Å²) in [5.74, 6) is 0.647. The van der Waals surface area contributed by atoms with Gasteiger partial charge in [-0.2, -0.15) is 0 Å². The number of para-hydroxylation sites is 2. The molecule has 0 saturated heterocycles. The van der Waals surface area contributed by atoms with Gasteiger partial charge >= 0.3 is 0 Å². The summed E-state index contributed by atoms with van der Waals surface area (Å²) in [5.41, 5.74) is 12.7. The van der Waals surface area contributed by atoms with Gasteiger partial charge in [0.2, 0.25) is 5.95 Å². The van der Waals surface area contributed by atoms with Crippen LogP contribution in [-0.2, 0) is 0 Å². The lowest BCUT2D eigenvalue weighted by atomic mass is 10.0. The van der Waals surface area contributed by atoms with Crippen molar-refractivity contribution in [3.8, 4) is 28.3 Å². The Hall–Kier alpha value is -6.72. The van der Waals surface area contributed by atoms with Crippen molar-refractivity contribution in [2.75, 3.05) is 0 Å². The smallest absolute Gasteiger partial charge is 0.235 e. The Morgan fingerprint density at radius 1 is 0.408 bits per heavy atom. The third kappa shape index (κ3) is 3.19. The van der Waals surface area contributed by atoms with Crippen LogP contribution in [0.25, 0.3) is 110 Å². The summed E-state index contributed by atoms with van der Waals surface area (Å²) >= 11 is 0. The second-order valence-corrected chi connectivity index (χ2v) is 13.0. The van der Waals surface area contributed by atoms with Gasteiger partial charge in [-0.25, -0.2) is 9.97 Å². The molecule has 5 nitrogen and oxygen atoms in total. The van der Waals surface area contributed by atoms with E-state index in [9.17, 15) is 0 Å². The fourth-order valence-corrected chi connectivity index (χ4v) is 8.42. The second kappa shape index (κ2) is 9.00. The van der Waals surface area contributed by atoms with E-state index < -0.39 is 0 Å². The van der Waals surface area contributed by atoms with Gasteiger partial charge in [-0.05, 0) is 59.7 Å². The molecule has 0 fully saturated rings. The topological polar surface area (TPSA) is 48.3 Å². The van der Waals surface area contributed by atoms with E-state index in [1.165, 1.54) is 43.7 Å². The minimum atomic E-state index is 0.647. The normalized spacial score (nSPS) is 12.5. The maximum absolute atomic E-state index is 6.57. The van der Waals surface area contributed by atoms with Crippen molar-refractivity contribution >= 4 is 82.0 Å². The van der Waals surface area contributed by atoms with E-state index in [-0.39, 0.29) is 0 Å². The summed E-state index contributed by atoms with van der Waals surface area (Å²) in [6, 6.07) is 51.5. The monoisotopic (exact) mass is 624 g/mol. The molecule has 0 aliphatic rings. The predicted molar refractivity (Wildman–Crippen MR) is 200 cm³/mol. The quantitative estimate of drug-likeness (QED) is 0.196. The van der Waals surface area contributed by atoms with E-state index in [1.807, 2.05) is 6.07 Å². The summed E-state index contributed by atoms with van der Waals surface area (Å²) in [7, 11) is 0. The van der Waals surface area contributed by atoms with Gasteiger partial charge in [0.05, 0.1) is 44.2 Å². The third-order valence-electron chi connectivity index (χ3n) is 10.5. The van der Waals surface area contributed by atoms with E-state index in [1.54, 1.807) is 0 Å². The van der Waals surface area contributed by atoms with Gasteiger partial charge in [0.15, 0.2) is 0 Å². The number of hydrogen-bond donors (Lipinski definition) is 0. The highest BCUT2D eigenvalue weighted by molar-refractivity contribution is 6.37. The number of furan rings is 1. The summed E-state index contributed by atoms with van der Waals surface area (Å²) in [6.45, 7) is 0. The minimum absolute atomic E-state index is 0.647. The van der Waals surface area contributed by atoms with Gasteiger partial charge in [0, 0.05) is 37.9 Å². The fraction of sp³-hybridized carbons (Fsp3) is 0. The molecule has 0 radical (unpaired) electrons. The van der Waals surface area contributed by atoms with Gasteiger partial charge in [0.1, 0.15) is 11.2 Å². The van der Waals surface area contributed by atoms with Gasteiger partial charge in [-0.3, -0.25) is 4.57 Å². The van der Waals surface area contributed by atoms with Crippen LogP contribution in [0.4, 0.5) is 0 Å². The van der Waals surface area contributed by atoms with Crippen LogP contribution in [0.3, 0.4) is 0 Å². The van der Waals surface area contributed by atoms with Crippen LogP contribution in [0.15, 0.2) is 150 Å². The van der Waals surface area contributed by atoms with Crippen molar-refractivity contribution in [3.63, 3.8) is 0 Å². The largest absolute Gasteiger partial charge is 0.456 e. The van der Waals surface area contributed by atoms with Crippen LogP contribution >= 0.6 is 0 Å². The minimum Gasteiger partial charge on any atom is -0.456 e. The molecule has 0 aliphatic carbocycles. The Bertz CT molecular complexity index is 3260. The van der Waals surface area contributed by atoms with E-state index >= 15 is 0 Å². The van der Waals surface area contributed by atoms with Crippen molar-refractivity contribution < 1.29 is 4.42 Å². The maximum atomic E-state index is 6.57. The zero-order valence-corrected chi connectivity index (χ0v) is 26.1.